The monoisotopic (exact) mass is 543 g/mol. The smallest absolute Gasteiger partial charge is 0.0681 e. The van der Waals surface area contributed by atoms with E-state index in [2.05, 4.69) is 35.2 Å². The maximum atomic E-state index is 9.51. The summed E-state index contributed by atoms with van der Waals surface area (Å²) in [6.45, 7) is -0.0392. The van der Waals surface area contributed by atoms with Crippen molar-refractivity contribution >= 4 is 28.7 Å². The molecule has 0 unspecified atom stereocenters. The lowest BCUT2D eigenvalue weighted by molar-refractivity contribution is 0.281. The van der Waals surface area contributed by atoms with Gasteiger partial charge in [0, 0.05) is 17.1 Å². The minimum atomic E-state index is -0.0136. The fourth-order valence-electron chi connectivity index (χ4n) is 4.75. The highest BCUT2D eigenvalue weighted by molar-refractivity contribution is 5.92. The largest absolute Gasteiger partial charge is 0.392 e. The van der Waals surface area contributed by atoms with E-state index in [1.54, 1.807) is 0 Å². The van der Waals surface area contributed by atoms with Gasteiger partial charge < -0.3 is 25.3 Å². The van der Waals surface area contributed by atoms with Gasteiger partial charge in [0.15, 0.2) is 0 Å². The van der Waals surface area contributed by atoms with Crippen molar-refractivity contribution in [3.8, 4) is 0 Å². The number of aliphatic hydroxyl groups excluding tert-OH is 4. The average Bonchev–Trinajstić information content (AvgIpc) is 3.05. The second kappa shape index (κ2) is 13.2. The van der Waals surface area contributed by atoms with Crippen LogP contribution < -0.4 is 4.90 Å². The Morgan fingerprint density at radius 3 is 1.02 bits per heavy atom. The Balaban J connectivity index is 1.54. The van der Waals surface area contributed by atoms with E-state index in [0.717, 1.165) is 61.6 Å². The molecule has 0 atom stereocenters. The molecule has 0 aliphatic carbocycles. The molecular weight excluding hydrogens is 510 g/mol. The highest BCUT2D eigenvalue weighted by Gasteiger charge is 2.13. The van der Waals surface area contributed by atoms with E-state index in [9.17, 15) is 20.4 Å². The molecule has 0 heterocycles. The third-order valence-corrected chi connectivity index (χ3v) is 7.11. The molecule has 0 radical (unpaired) electrons. The quantitative estimate of drug-likeness (QED) is 0.147. The minimum Gasteiger partial charge on any atom is -0.392 e. The van der Waals surface area contributed by atoms with Gasteiger partial charge in [-0.25, -0.2) is 0 Å². The molecule has 0 aliphatic heterocycles. The standard InChI is InChI=1S/C36H33NO4/c38-22-27-1-11-31(12-2-27)36(32-13-3-28(23-39)4-14-32)21-26-5-15-33(16-6-26)37(34-17-7-29(24-40)8-18-34)35-19-9-30(25-41)10-20-35/h1-21,38-41H,22-25H2. The van der Waals surface area contributed by atoms with Crippen molar-refractivity contribution in [2.45, 2.75) is 26.4 Å². The van der Waals surface area contributed by atoms with Crippen molar-refractivity contribution in [3.05, 3.63) is 160 Å². The van der Waals surface area contributed by atoms with E-state index in [0.29, 0.717) is 0 Å². The summed E-state index contributed by atoms with van der Waals surface area (Å²) in [7, 11) is 0. The number of aliphatic hydroxyl groups is 4. The molecule has 0 bridgehead atoms. The lowest BCUT2D eigenvalue weighted by Crippen LogP contribution is -2.10. The number of anilines is 3. The molecule has 0 aliphatic rings. The Bertz CT molecular complexity index is 1480. The van der Waals surface area contributed by atoms with Crippen molar-refractivity contribution in [1.29, 1.82) is 0 Å². The van der Waals surface area contributed by atoms with Gasteiger partial charge in [-0.3, -0.25) is 0 Å². The Hall–Kier alpha value is -4.52. The van der Waals surface area contributed by atoms with Crippen molar-refractivity contribution < 1.29 is 20.4 Å². The number of hydrogen-bond acceptors (Lipinski definition) is 5. The van der Waals surface area contributed by atoms with Gasteiger partial charge in [-0.15, -0.1) is 0 Å². The molecule has 0 amide bonds. The van der Waals surface area contributed by atoms with Gasteiger partial charge in [-0.05, 0) is 87.0 Å². The van der Waals surface area contributed by atoms with Gasteiger partial charge in [0.05, 0.1) is 26.4 Å². The van der Waals surface area contributed by atoms with Crippen LogP contribution in [0.25, 0.3) is 11.6 Å². The van der Waals surface area contributed by atoms with Gasteiger partial charge in [-0.2, -0.15) is 0 Å². The molecule has 41 heavy (non-hydrogen) atoms. The van der Waals surface area contributed by atoms with E-state index >= 15 is 0 Å². The fourth-order valence-corrected chi connectivity index (χ4v) is 4.75. The van der Waals surface area contributed by atoms with Gasteiger partial charge in [0.1, 0.15) is 0 Å². The second-order valence-corrected chi connectivity index (χ2v) is 9.84. The Labute approximate surface area is 240 Å². The molecule has 5 aromatic rings. The van der Waals surface area contributed by atoms with Gasteiger partial charge in [0.2, 0.25) is 0 Å². The maximum Gasteiger partial charge on any atom is 0.0681 e. The average molecular weight is 544 g/mol. The Kier molecular flexibility index (Phi) is 9.04. The molecule has 206 valence electrons. The van der Waals surface area contributed by atoms with Crippen molar-refractivity contribution in [3.63, 3.8) is 0 Å². The molecule has 5 aromatic carbocycles. The van der Waals surface area contributed by atoms with E-state index in [1.807, 2.05) is 97.1 Å². The Morgan fingerprint density at radius 2 is 0.707 bits per heavy atom. The zero-order valence-electron chi connectivity index (χ0n) is 22.7. The van der Waals surface area contributed by atoms with Crippen LogP contribution in [0.1, 0.15) is 38.9 Å². The first-order valence-corrected chi connectivity index (χ1v) is 13.5. The van der Waals surface area contributed by atoms with E-state index < -0.39 is 0 Å². The molecule has 5 rings (SSSR count). The van der Waals surface area contributed by atoms with Crippen LogP contribution in [0.3, 0.4) is 0 Å². The lowest BCUT2D eigenvalue weighted by atomic mass is 9.94. The van der Waals surface area contributed by atoms with Gasteiger partial charge in [0.25, 0.3) is 0 Å². The number of benzene rings is 5. The number of hydrogen-bond donors (Lipinski definition) is 4. The molecule has 0 aromatic heterocycles. The summed E-state index contributed by atoms with van der Waals surface area (Å²) in [5, 5.41) is 38.0. The van der Waals surface area contributed by atoms with Gasteiger partial charge in [-0.1, -0.05) is 84.9 Å². The first-order valence-electron chi connectivity index (χ1n) is 13.5. The second-order valence-electron chi connectivity index (χ2n) is 9.84. The third kappa shape index (κ3) is 6.62. The summed E-state index contributed by atoms with van der Waals surface area (Å²) < 4.78 is 0. The lowest BCUT2D eigenvalue weighted by Gasteiger charge is -2.26. The van der Waals surface area contributed by atoms with Crippen LogP contribution in [0.15, 0.2) is 121 Å². The minimum absolute atomic E-state index is 0.00601. The number of rotatable bonds is 10. The van der Waals surface area contributed by atoms with Crippen molar-refractivity contribution in [2.75, 3.05) is 4.90 Å². The van der Waals surface area contributed by atoms with Crippen molar-refractivity contribution in [2.24, 2.45) is 0 Å². The van der Waals surface area contributed by atoms with Crippen molar-refractivity contribution in [1.82, 2.24) is 0 Å². The topological polar surface area (TPSA) is 84.2 Å². The molecule has 0 fully saturated rings. The van der Waals surface area contributed by atoms with Crippen LogP contribution in [0.2, 0.25) is 0 Å². The highest BCUT2D eigenvalue weighted by Crippen LogP contribution is 2.35. The molecule has 0 saturated carbocycles. The molecule has 5 nitrogen and oxygen atoms in total. The predicted octanol–water partition coefficient (Wildman–Crippen LogP) is 6.71. The number of nitrogens with zero attached hydrogens (tertiary/aromatic N) is 1. The zero-order valence-corrected chi connectivity index (χ0v) is 22.7. The maximum absolute atomic E-state index is 9.51. The van der Waals surface area contributed by atoms with E-state index in [1.165, 1.54) is 0 Å². The summed E-state index contributed by atoms with van der Waals surface area (Å²) in [4.78, 5) is 2.14. The SMILES string of the molecule is OCc1ccc(C(=Cc2ccc(N(c3ccc(CO)cc3)c3ccc(CO)cc3)cc2)c2ccc(CO)cc2)cc1. The van der Waals surface area contributed by atoms with E-state index in [-0.39, 0.29) is 26.4 Å². The van der Waals surface area contributed by atoms with Crippen LogP contribution in [-0.4, -0.2) is 20.4 Å². The molecule has 0 saturated heterocycles. The summed E-state index contributed by atoms with van der Waals surface area (Å²) >= 11 is 0. The predicted molar refractivity (Wildman–Crippen MR) is 165 cm³/mol. The fraction of sp³-hybridized carbons (Fsp3) is 0.111. The third-order valence-electron chi connectivity index (χ3n) is 7.11. The molecule has 5 heteroatoms. The van der Waals surface area contributed by atoms with Crippen LogP contribution in [0, 0.1) is 0 Å². The van der Waals surface area contributed by atoms with Crippen LogP contribution >= 0.6 is 0 Å². The first-order chi connectivity index (χ1) is 20.1. The normalized spacial score (nSPS) is 10.8. The highest BCUT2D eigenvalue weighted by atomic mass is 16.3. The summed E-state index contributed by atoms with van der Waals surface area (Å²) in [5.74, 6) is 0. The molecule has 4 N–H and O–H groups in total. The molecule has 0 spiro atoms. The zero-order chi connectivity index (χ0) is 28.6. The van der Waals surface area contributed by atoms with Gasteiger partial charge >= 0.3 is 0 Å². The summed E-state index contributed by atoms with van der Waals surface area (Å²) in [6.07, 6.45) is 2.14. The van der Waals surface area contributed by atoms with Crippen LogP contribution in [-0.2, 0) is 26.4 Å². The van der Waals surface area contributed by atoms with Crippen LogP contribution in [0.4, 0.5) is 17.1 Å². The summed E-state index contributed by atoms with van der Waals surface area (Å²) in [5.41, 5.74) is 10.4. The first kappa shape index (κ1) is 28.0. The molecular formula is C36H33NO4. The van der Waals surface area contributed by atoms with E-state index in [4.69, 9.17) is 0 Å². The van der Waals surface area contributed by atoms with Crippen LogP contribution in [0.5, 0.6) is 0 Å². The Morgan fingerprint density at radius 1 is 0.415 bits per heavy atom. The summed E-state index contributed by atoms with van der Waals surface area (Å²) in [6, 6.07) is 39.7.